The van der Waals surface area contributed by atoms with Crippen LogP contribution in [0.3, 0.4) is 0 Å². The van der Waals surface area contributed by atoms with E-state index < -0.39 is 18.4 Å². The monoisotopic (exact) mass is 466 g/mol. The van der Waals surface area contributed by atoms with Gasteiger partial charge >= 0.3 is 168 Å². The van der Waals surface area contributed by atoms with E-state index in [2.05, 4.69) is 61.3 Å². The first-order valence-electron chi connectivity index (χ1n) is 11.1. The third-order valence-electron chi connectivity index (χ3n) is 5.57. The number of hydrogen-bond donors (Lipinski definition) is 1. The summed E-state index contributed by atoms with van der Waals surface area (Å²) in [6.07, 6.45) is 13.1. The van der Waals surface area contributed by atoms with Gasteiger partial charge in [0.25, 0.3) is 0 Å². The van der Waals surface area contributed by atoms with Crippen LogP contribution in [0.4, 0.5) is 0 Å². The first-order chi connectivity index (χ1) is 12.7. The summed E-state index contributed by atoms with van der Waals surface area (Å²) in [5, 5.41) is 10.4. The van der Waals surface area contributed by atoms with Gasteiger partial charge in [0, 0.05) is 0 Å². The van der Waals surface area contributed by atoms with Crippen molar-refractivity contribution >= 4 is 18.4 Å². The molecule has 1 nitrogen and oxygen atoms in total. The molecule has 1 rings (SSSR count). The molecule has 0 aromatic heterocycles. The molecule has 148 valence electrons. The van der Waals surface area contributed by atoms with E-state index in [1.165, 1.54) is 57.4 Å². The van der Waals surface area contributed by atoms with E-state index in [0.717, 1.165) is 19.3 Å². The van der Waals surface area contributed by atoms with Crippen LogP contribution in [-0.2, 0) is 6.42 Å². The Balaban J connectivity index is 2.58. The summed E-state index contributed by atoms with van der Waals surface area (Å²) in [6.45, 7) is 6.98. The second kappa shape index (κ2) is 14.7. The van der Waals surface area contributed by atoms with E-state index in [1.54, 1.807) is 0 Å². The predicted molar refractivity (Wildman–Crippen MR) is 119 cm³/mol. The molecule has 0 saturated heterocycles. The van der Waals surface area contributed by atoms with Gasteiger partial charge in [-0.25, -0.2) is 0 Å². The Morgan fingerprint density at radius 3 is 1.92 bits per heavy atom. The number of unbranched alkanes of at least 4 members (excludes halogenated alkanes) is 3. The Bertz CT molecular complexity index is 447. The van der Waals surface area contributed by atoms with Crippen molar-refractivity contribution in [2.75, 3.05) is 0 Å². The number of aryl methyl sites for hydroxylation is 1. The summed E-state index contributed by atoms with van der Waals surface area (Å²) >= 11 is -2.16. The first kappa shape index (κ1) is 23.8. The Kier molecular flexibility index (Phi) is 13.5. The number of hydrogen-bond acceptors (Lipinski definition) is 1. The summed E-state index contributed by atoms with van der Waals surface area (Å²) in [5.74, 6) is 0. The van der Waals surface area contributed by atoms with Crippen LogP contribution in [-0.4, -0.2) is 29.6 Å². The number of aliphatic hydroxyl groups is 1. The van der Waals surface area contributed by atoms with E-state index in [0.29, 0.717) is 0 Å². The molecule has 0 bridgehead atoms. The van der Waals surface area contributed by atoms with E-state index in [4.69, 9.17) is 0 Å². The molecule has 1 aromatic rings. The molecule has 0 saturated carbocycles. The molecule has 0 aliphatic heterocycles. The van der Waals surface area contributed by atoms with E-state index in [-0.39, 0.29) is 6.10 Å². The van der Waals surface area contributed by atoms with Gasteiger partial charge in [0.05, 0.1) is 0 Å². The predicted octanol–water partition coefficient (Wildman–Crippen LogP) is 7.31. The minimum atomic E-state index is -2.16. The standard InChI is InChI=1S/C12H15O.3C4H9.Sn/c1-2-6-12(13)10-9-11-7-4-3-5-8-11;3*1-3-4-2;/h1-5,7-8,12-13H,6,9-10H2;3*1,3-4H2,2H3;/t12-;;;;/m0..../s1. The third kappa shape index (κ3) is 10.2. The molecular formula is C24H42OSn. The Labute approximate surface area is 167 Å². The van der Waals surface area contributed by atoms with Gasteiger partial charge in [-0.2, -0.15) is 0 Å². The van der Waals surface area contributed by atoms with Crippen molar-refractivity contribution in [1.29, 1.82) is 0 Å². The Morgan fingerprint density at radius 1 is 0.885 bits per heavy atom. The molecule has 0 heterocycles. The Morgan fingerprint density at radius 2 is 1.42 bits per heavy atom. The molecule has 26 heavy (non-hydrogen) atoms. The molecule has 1 aromatic carbocycles. The van der Waals surface area contributed by atoms with Crippen molar-refractivity contribution in [2.45, 2.75) is 98.0 Å². The summed E-state index contributed by atoms with van der Waals surface area (Å²) in [4.78, 5) is 0. The van der Waals surface area contributed by atoms with Gasteiger partial charge in [0.1, 0.15) is 0 Å². The molecule has 1 atom stereocenters. The second-order valence-electron chi connectivity index (χ2n) is 7.99. The van der Waals surface area contributed by atoms with E-state index in [1.807, 2.05) is 0 Å². The van der Waals surface area contributed by atoms with Gasteiger partial charge in [0.15, 0.2) is 0 Å². The van der Waals surface area contributed by atoms with Gasteiger partial charge in [-0.15, -0.1) is 0 Å². The van der Waals surface area contributed by atoms with Crippen LogP contribution in [0.1, 0.15) is 77.7 Å². The fraction of sp³-hybridized carbons (Fsp3) is 0.667. The van der Waals surface area contributed by atoms with Crippen molar-refractivity contribution < 1.29 is 5.11 Å². The molecule has 0 spiro atoms. The topological polar surface area (TPSA) is 20.2 Å². The first-order valence-corrected chi connectivity index (χ1v) is 18.8. The Hall–Kier alpha value is -0.281. The maximum absolute atomic E-state index is 10.4. The van der Waals surface area contributed by atoms with Crippen LogP contribution in [0.25, 0.3) is 0 Å². The summed E-state index contributed by atoms with van der Waals surface area (Å²) in [5.41, 5.74) is 1.33. The van der Waals surface area contributed by atoms with Crippen LogP contribution in [0.2, 0.25) is 13.3 Å². The van der Waals surface area contributed by atoms with Crippen molar-refractivity contribution in [3.8, 4) is 0 Å². The number of benzene rings is 1. The van der Waals surface area contributed by atoms with Gasteiger partial charge in [-0.05, 0) is 0 Å². The average Bonchev–Trinajstić information content (AvgIpc) is 2.68. The van der Waals surface area contributed by atoms with Gasteiger partial charge in [-0.1, -0.05) is 0 Å². The zero-order chi connectivity index (χ0) is 19.1. The SMILES string of the molecule is CCC[CH2][Sn](/[CH]=C/C[C@H](O)CCc1ccccc1)([CH2]CCC)[CH2]CCC. The van der Waals surface area contributed by atoms with Crippen LogP contribution in [0.15, 0.2) is 40.5 Å². The van der Waals surface area contributed by atoms with Crippen LogP contribution in [0, 0.1) is 0 Å². The van der Waals surface area contributed by atoms with Crippen LogP contribution in [0.5, 0.6) is 0 Å². The third-order valence-corrected chi connectivity index (χ3v) is 19.8. The molecule has 1 N–H and O–H groups in total. The number of rotatable bonds is 15. The molecule has 0 aliphatic carbocycles. The molecule has 0 unspecified atom stereocenters. The van der Waals surface area contributed by atoms with Gasteiger partial charge < -0.3 is 0 Å². The zero-order valence-electron chi connectivity index (χ0n) is 17.6. The summed E-state index contributed by atoms with van der Waals surface area (Å²) in [7, 11) is 0. The van der Waals surface area contributed by atoms with Crippen molar-refractivity contribution in [3.63, 3.8) is 0 Å². The second-order valence-corrected chi connectivity index (χ2v) is 21.0. The molecule has 0 fully saturated rings. The van der Waals surface area contributed by atoms with E-state index >= 15 is 0 Å². The van der Waals surface area contributed by atoms with E-state index in [9.17, 15) is 5.11 Å². The van der Waals surface area contributed by atoms with Crippen LogP contribution >= 0.6 is 0 Å². The normalized spacial score (nSPS) is 13.4. The average molecular weight is 465 g/mol. The summed E-state index contributed by atoms with van der Waals surface area (Å²) in [6, 6.07) is 10.5. The molecule has 2 heteroatoms. The molecular weight excluding hydrogens is 423 g/mol. The minimum absolute atomic E-state index is 0.195. The van der Waals surface area contributed by atoms with Crippen LogP contribution < -0.4 is 0 Å². The molecule has 0 amide bonds. The van der Waals surface area contributed by atoms with Gasteiger partial charge in [-0.3, -0.25) is 0 Å². The molecule has 0 aliphatic rings. The van der Waals surface area contributed by atoms with Crippen molar-refractivity contribution in [2.24, 2.45) is 0 Å². The van der Waals surface area contributed by atoms with Crippen molar-refractivity contribution in [3.05, 3.63) is 46.1 Å². The number of aliphatic hydroxyl groups excluding tert-OH is 1. The van der Waals surface area contributed by atoms with Gasteiger partial charge in [0.2, 0.25) is 0 Å². The van der Waals surface area contributed by atoms with Crippen molar-refractivity contribution in [1.82, 2.24) is 0 Å². The quantitative estimate of drug-likeness (QED) is 0.269. The summed E-state index contributed by atoms with van der Waals surface area (Å²) < 4.78 is 7.24. The zero-order valence-corrected chi connectivity index (χ0v) is 20.4. The fourth-order valence-electron chi connectivity index (χ4n) is 3.78. The molecule has 0 radical (unpaired) electrons. The maximum atomic E-state index is 10.4. The fourth-order valence-corrected chi connectivity index (χ4v) is 18.2.